The third-order valence-electron chi connectivity index (χ3n) is 2.27. The largest absolute Gasteiger partial charge is 0.373 e. The van der Waals surface area contributed by atoms with E-state index >= 15 is 0 Å². The minimum Gasteiger partial charge on any atom is -0.373 e. The molecule has 5 heteroatoms. The Balaban J connectivity index is 2.87. The van der Waals surface area contributed by atoms with E-state index in [1.165, 1.54) is 6.26 Å². The first-order chi connectivity index (χ1) is 7.30. The number of nitrogens with two attached hydrogens (primary N) is 1. The normalized spacial score (nSPS) is 13.5. The van der Waals surface area contributed by atoms with E-state index < -0.39 is 9.84 Å². The van der Waals surface area contributed by atoms with E-state index in [0.29, 0.717) is 4.90 Å². The van der Waals surface area contributed by atoms with Gasteiger partial charge in [0.2, 0.25) is 0 Å². The van der Waals surface area contributed by atoms with E-state index in [4.69, 9.17) is 5.73 Å². The van der Waals surface area contributed by atoms with Crippen molar-refractivity contribution < 1.29 is 8.42 Å². The van der Waals surface area contributed by atoms with Crippen LogP contribution in [0.25, 0.3) is 0 Å². The highest BCUT2D eigenvalue weighted by molar-refractivity contribution is 7.90. The zero-order valence-electron chi connectivity index (χ0n) is 9.84. The van der Waals surface area contributed by atoms with Gasteiger partial charge in [0.05, 0.1) is 4.90 Å². The Morgan fingerprint density at radius 3 is 2.19 bits per heavy atom. The van der Waals surface area contributed by atoms with Crippen molar-refractivity contribution in [2.24, 2.45) is 5.73 Å². The van der Waals surface area contributed by atoms with Gasteiger partial charge in [0.1, 0.15) is 0 Å². The number of nitrogens with zero attached hydrogens (tertiary/aromatic N) is 1. The zero-order valence-corrected chi connectivity index (χ0v) is 10.7. The molecular weight excluding hydrogens is 224 g/mol. The van der Waals surface area contributed by atoms with Crippen LogP contribution in [0.15, 0.2) is 29.2 Å². The standard InChI is InChI=1S/C11H18N2O2S/c1-9(12)8-13(2)10-4-6-11(7-5-10)16(3,14)15/h4-7,9H,8,12H2,1-3H3. The molecule has 1 unspecified atom stereocenters. The molecule has 1 aromatic rings. The van der Waals surface area contributed by atoms with Crippen molar-refractivity contribution in [3.8, 4) is 0 Å². The van der Waals surface area contributed by atoms with Crippen LogP contribution >= 0.6 is 0 Å². The Labute approximate surface area is 97.0 Å². The smallest absolute Gasteiger partial charge is 0.175 e. The van der Waals surface area contributed by atoms with Crippen LogP contribution in [0.3, 0.4) is 0 Å². The SMILES string of the molecule is CC(N)CN(C)c1ccc(S(C)(=O)=O)cc1. The second-order valence-electron chi connectivity index (χ2n) is 4.12. The minimum absolute atomic E-state index is 0.0829. The lowest BCUT2D eigenvalue weighted by Gasteiger charge is -2.21. The molecule has 0 saturated heterocycles. The van der Waals surface area contributed by atoms with Gasteiger partial charge in [-0.15, -0.1) is 0 Å². The fourth-order valence-corrected chi connectivity index (χ4v) is 2.12. The van der Waals surface area contributed by atoms with Crippen molar-refractivity contribution in [2.45, 2.75) is 17.9 Å². The van der Waals surface area contributed by atoms with E-state index in [1.54, 1.807) is 24.3 Å². The molecule has 90 valence electrons. The van der Waals surface area contributed by atoms with Gasteiger partial charge in [0, 0.05) is 31.6 Å². The van der Waals surface area contributed by atoms with E-state index in [0.717, 1.165) is 12.2 Å². The third kappa shape index (κ3) is 3.50. The van der Waals surface area contributed by atoms with Crippen LogP contribution in [-0.4, -0.2) is 34.3 Å². The van der Waals surface area contributed by atoms with E-state index in [1.807, 2.05) is 18.9 Å². The molecule has 2 N–H and O–H groups in total. The summed E-state index contributed by atoms with van der Waals surface area (Å²) in [6.45, 7) is 2.67. The van der Waals surface area contributed by atoms with Crippen LogP contribution in [0.1, 0.15) is 6.92 Å². The maximum atomic E-state index is 11.3. The fourth-order valence-electron chi connectivity index (χ4n) is 1.49. The number of benzene rings is 1. The molecule has 1 aromatic carbocycles. The van der Waals surface area contributed by atoms with Crippen LogP contribution in [0.4, 0.5) is 5.69 Å². The molecule has 0 radical (unpaired) electrons. The fraction of sp³-hybridized carbons (Fsp3) is 0.455. The second kappa shape index (κ2) is 4.84. The molecule has 0 spiro atoms. The molecule has 0 saturated carbocycles. The molecule has 16 heavy (non-hydrogen) atoms. The van der Waals surface area contributed by atoms with Gasteiger partial charge in [-0.3, -0.25) is 0 Å². The van der Waals surface area contributed by atoms with Crippen molar-refractivity contribution in [3.63, 3.8) is 0 Å². The second-order valence-corrected chi connectivity index (χ2v) is 6.14. The van der Waals surface area contributed by atoms with Gasteiger partial charge in [-0.05, 0) is 31.2 Å². The van der Waals surface area contributed by atoms with Crippen molar-refractivity contribution >= 4 is 15.5 Å². The van der Waals surface area contributed by atoms with Gasteiger partial charge < -0.3 is 10.6 Å². The van der Waals surface area contributed by atoms with Gasteiger partial charge >= 0.3 is 0 Å². The van der Waals surface area contributed by atoms with Gasteiger partial charge in [-0.2, -0.15) is 0 Å². The summed E-state index contributed by atoms with van der Waals surface area (Å²) < 4.78 is 22.5. The topological polar surface area (TPSA) is 63.4 Å². The maximum Gasteiger partial charge on any atom is 0.175 e. The first-order valence-electron chi connectivity index (χ1n) is 5.07. The number of likely N-dealkylation sites (N-methyl/N-ethyl adjacent to an activating group) is 1. The van der Waals surface area contributed by atoms with Crippen LogP contribution in [0, 0.1) is 0 Å². The Morgan fingerprint density at radius 2 is 1.81 bits per heavy atom. The molecule has 0 aromatic heterocycles. The van der Waals surface area contributed by atoms with Crippen LogP contribution in [0.2, 0.25) is 0 Å². The molecule has 4 nitrogen and oxygen atoms in total. The summed E-state index contributed by atoms with van der Waals surface area (Å²) in [4.78, 5) is 2.34. The lowest BCUT2D eigenvalue weighted by molar-refractivity contribution is 0.602. The number of hydrogen-bond acceptors (Lipinski definition) is 4. The predicted octanol–water partition coefficient (Wildman–Crippen LogP) is 0.873. The molecule has 1 rings (SSSR count). The average Bonchev–Trinajstić information content (AvgIpc) is 2.15. The van der Waals surface area contributed by atoms with Gasteiger partial charge in [-0.1, -0.05) is 0 Å². The Bertz CT molecular complexity index is 438. The lowest BCUT2D eigenvalue weighted by atomic mass is 10.2. The first-order valence-corrected chi connectivity index (χ1v) is 6.96. The van der Waals surface area contributed by atoms with Crippen LogP contribution in [-0.2, 0) is 9.84 Å². The maximum absolute atomic E-state index is 11.3. The first kappa shape index (κ1) is 13.0. The molecule has 0 amide bonds. The van der Waals surface area contributed by atoms with Gasteiger partial charge in [0.15, 0.2) is 9.84 Å². The molecule has 0 aliphatic carbocycles. The quantitative estimate of drug-likeness (QED) is 0.851. The van der Waals surface area contributed by atoms with E-state index in [-0.39, 0.29) is 6.04 Å². The Hall–Kier alpha value is -1.07. The minimum atomic E-state index is -3.11. The summed E-state index contributed by atoms with van der Waals surface area (Å²) in [6, 6.07) is 6.89. The van der Waals surface area contributed by atoms with Crippen molar-refractivity contribution in [2.75, 3.05) is 24.7 Å². The Morgan fingerprint density at radius 1 is 1.31 bits per heavy atom. The third-order valence-corrected chi connectivity index (χ3v) is 3.40. The molecule has 0 fully saturated rings. The number of sulfone groups is 1. The van der Waals surface area contributed by atoms with Gasteiger partial charge in [-0.25, -0.2) is 8.42 Å². The molecule has 1 atom stereocenters. The van der Waals surface area contributed by atoms with E-state index in [9.17, 15) is 8.42 Å². The van der Waals surface area contributed by atoms with E-state index in [2.05, 4.69) is 0 Å². The molecule has 0 bridgehead atoms. The number of hydrogen-bond donors (Lipinski definition) is 1. The summed E-state index contributed by atoms with van der Waals surface area (Å²) in [7, 11) is -1.18. The Kier molecular flexibility index (Phi) is 3.93. The summed E-state index contributed by atoms with van der Waals surface area (Å²) >= 11 is 0. The lowest BCUT2D eigenvalue weighted by Crippen LogP contribution is -2.32. The molecule has 0 aliphatic heterocycles. The summed E-state index contributed by atoms with van der Waals surface area (Å²) in [6.07, 6.45) is 1.20. The summed E-state index contributed by atoms with van der Waals surface area (Å²) in [5, 5.41) is 0. The average molecular weight is 242 g/mol. The highest BCUT2D eigenvalue weighted by atomic mass is 32.2. The van der Waals surface area contributed by atoms with Crippen molar-refractivity contribution in [1.29, 1.82) is 0 Å². The monoisotopic (exact) mass is 242 g/mol. The highest BCUT2D eigenvalue weighted by Gasteiger charge is 2.08. The number of anilines is 1. The van der Waals surface area contributed by atoms with Crippen molar-refractivity contribution in [3.05, 3.63) is 24.3 Å². The highest BCUT2D eigenvalue weighted by Crippen LogP contribution is 2.16. The van der Waals surface area contributed by atoms with Crippen molar-refractivity contribution in [1.82, 2.24) is 0 Å². The molecule has 0 aliphatic rings. The molecule has 0 heterocycles. The van der Waals surface area contributed by atoms with Crippen LogP contribution in [0.5, 0.6) is 0 Å². The van der Waals surface area contributed by atoms with Crippen LogP contribution < -0.4 is 10.6 Å². The summed E-state index contributed by atoms with van der Waals surface area (Å²) in [5.41, 5.74) is 6.65. The predicted molar refractivity (Wildman–Crippen MR) is 66.5 cm³/mol. The molecular formula is C11H18N2O2S. The zero-order chi connectivity index (χ0) is 12.3. The van der Waals surface area contributed by atoms with Gasteiger partial charge in [0.25, 0.3) is 0 Å². The summed E-state index contributed by atoms with van der Waals surface area (Å²) in [5.74, 6) is 0. The number of rotatable bonds is 4.